The van der Waals surface area contributed by atoms with Crippen molar-refractivity contribution in [3.63, 3.8) is 0 Å². The van der Waals surface area contributed by atoms with Crippen LogP contribution in [0, 0.1) is 6.92 Å². The van der Waals surface area contributed by atoms with Gasteiger partial charge >= 0.3 is 0 Å². The standard InChI is InChI=1S/C17H18Cl2N2O/c1-12-3-6-15(19)9-16(12)20-17(22)11-21(2)10-13-4-7-14(18)8-5-13/h3-9H,10-11H2,1-2H3,(H,20,22). The molecule has 3 nitrogen and oxygen atoms in total. The lowest BCUT2D eigenvalue weighted by Gasteiger charge is -2.17. The van der Waals surface area contributed by atoms with Crippen LogP contribution in [0.2, 0.25) is 10.0 Å². The highest BCUT2D eigenvalue weighted by atomic mass is 35.5. The van der Waals surface area contributed by atoms with Gasteiger partial charge in [0.2, 0.25) is 5.91 Å². The van der Waals surface area contributed by atoms with Crippen LogP contribution in [0.1, 0.15) is 11.1 Å². The number of nitrogens with one attached hydrogen (secondary N) is 1. The van der Waals surface area contributed by atoms with Crippen molar-refractivity contribution >= 4 is 34.8 Å². The zero-order chi connectivity index (χ0) is 16.1. The zero-order valence-corrected chi connectivity index (χ0v) is 14.1. The first-order valence-corrected chi connectivity index (χ1v) is 7.68. The molecule has 0 atom stereocenters. The fraction of sp³-hybridized carbons (Fsp3) is 0.235. The lowest BCUT2D eigenvalue weighted by atomic mass is 10.2. The van der Waals surface area contributed by atoms with Gasteiger partial charge in [0.25, 0.3) is 0 Å². The van der Waals surface area contributed by atoms with E-state index in [1.165, 1.54) is 0 Å². The predicted molar refractivity (Wildman–Crippen MR) is 92.6 cm³/mol. The Kier molecular flexibility index (Phi) is 5.83. The van der Waals surface area contributed by atoms with Gasteiger partial charge in [-0.15, -0.1) is 0 Å². The molecule has 2 rings (SSSR count). The van der Waals surface area contributed by atoms with Crippen LogP contribution in [-0.2, 0) is 11.3 Å². The molecular weight excluding hydrogens is 319 g/mol. The highest BCUT2D eigenvalue weighted by Gasteiger charge is 2.09. The molecule has 0 saturated heterocycles. The van der Waals surface area contributed by atoms with E-state index in [4.69, 9.17) is 23.2 Å². The molecule has 0 fully saturated rings. The molecule has 0 heterocycles. The fourth-order valence-electron chi connectivity index (χ4n) is 2.12. The number of likely N-dealkylation sites (N-methyl/N-ethyl adjacent to an activating group) is 1. The van der Waals surface area contributed by atoms with Crippen molar-refractivity contribution in [1.29, 1.82) is 0 Å². The summed E-state index contributed by atoms with van der Waals surface area (Å²) in [4.78, 5) is 14.1. The molecule has 1 amide bonds. The van der Waals surface area contributed by atoms with Crippen LogP contribution >= 0.6 is 23.2 Å². The third-order valence-corrected chi connectivity index (χ3v) is 3.74. The van der Waals surface area contributed by atoms with Gasteiger partial charge in [-0.3, -0.25) is 9.69 Å². The topological polar surface area (TPSA) is 32.3 Å². The number of carbonyl (C=O) groups excluding carboxylic acids is 1. The molecule has 1 N–H and O–H groups in total. The Morgan fingerprint density at radius 2 is 1.73 bits per heavy atom. The molecule has 5 heteroatoms. The minimum absolute atomic E-state index is 0.0677. The van der Waals surface area contributed by atoms with Crippen molar-refractivity contribution in [3.05, 3.63) is 63.6 Å². The molecule has 2 aromatic rings. The van der Waals surface area contributed by atoms with Gasteiger partial charge in [-0.05, 0) is 49.4 Å². The number of anilines is 1. The molecule has 2 aromatic carbocycles. The number of carbonyl (C=O) groups is 1. The monoisotopic (exact) mass is 336 g/mol. The van der Waals surface area contributed by atoms with E-state index < -0.39 is 0 Å². The van der Waals surface area contributed by atoms with Crippen molar-refractivity contribution < 1.29 is 4.79 Å². The van der Waals surface area contributed by atoms with Crippen molar-refractivity contribution in [2.45, 2.75) is 13.5 Å². The van der Waals surface area contributed by atoms with Crippen molar-refractivity contribution in [1.82, 2.24) is 4.90 Å². The van der Waals surface area contributed by atoms with Gasteiger partial charge < -0.3 is 5.32 Å². The average Bonchev–Trinajstić information content (AvgIpc) is 2.45. The van der Waals surface area contributed by atoms with E-state index in [2.05, 4.69) is 5.32 Å². The SMILES string of the molecule is Cc1ccc(Cl)cc1NC(=O)CN(C)Cc1ccc(Cl)cc1. The third kappa shape index (κ3) is 5.02. The van der Waals surface area contributed by atoms with Gasteiger partial charge in [-0.25, -0.2) is 0 Å². The number of amides is 1. The van der Waals surface area contributed by atoms with Crippen LogP contribution in [0.3, 0.4) is 0 Å². The van der Waals surface area contributed by atoms with E-state index in [9.17, 15) is 4.79 Å². The Balaban J connectivity index is 1.91. The Labute approximate surface area is 140 Å². The van der Waals surface area contributed by atoms with Gasteiger partial charge in [0.05, 0.1) is 6.54 Å². The maximum absolute atomic E-state index is 12.1. The summed E-state index contributed by atoms with van der Waals surface area (Å²) in [6.07, 6.45) is 0. The minimum Gasteiger partial charge on any atom is -0.325 e. The summed E-state index contributed by atoms with van der Waals surface area (Å²) in [5.74, 6) is -0.0677. The van der Waals surface area contributed by atoms with Crippen molar-refractivity contribution in [3.8, 4) is 0 Å². The number of benzene rings is 2. The first-order chi connectivity index (χ1) is 10.4. The second kappa shape index (κ2) is 7.63. The van der Waals surface area contributed by atoms with Crippen LogP contribution in [0.5, 0.6) is 0 Å². The Hall–Kier alpha value is -1.55. The number of rotatable bonds is 5. The third-order valence-electron chi connectivity index (χ3n) is 3.25. The largest absolute Gasteiger partial charge is 0.325 e. The summed E-state index contributed by atoms with van der Waals surface area (Å²) < 4.78 is 0. The normalized spacial score (nSPS) is 10.8. The minimum atomic E-state index is -0.0677. The van der Waals surface area contributed by atoms with Gasteiger partial charge in [0.1, 0.15) is 0 Å². The predicted octanol–water partition coefficient (Wildman–Crippen LogP) is 4.37. The summed E-state index contributed by atoms with van der Waals surface area (Å²) in [6, 6.07) is 13.1. The summed E-state index contributed by atoms with van der Waals surface area (Å²) in [5.41, 5.74) is 2.84. The van der Waals surface area contributed by atoms with Gasteiger partial charge in [0, 0.05) is 22.3 Å². The summed E-state index contributed by atoms with van der Waals surface area (Å²) >= 11 is 11.8. The lowest BCUT2D eigenvalue weighted by Crippen LogP contribution is -2.30. The quantitative estimate of drug-likeness (QED) is 0.879. The first kappa shape index (κ1) is 16.8. The number of aryl methyl sites for hydroxylation is 1. The summed E-state index contributed by atoms with van der Waals surface area (Å²) in [6.45, 7) is 2.91. The van der Waals surface area contributed by atoms with Crippen LogP contribution in [0.15, 0.2) is 42.5 Å². The number of hydrogen-bond donors (Lipinski definition) is 1. The van der Waals surface area contributed by atoms with E-state index in [0.717, 1.165) is 16.8 Å². The molecular formula is C17H18Cl2N2O. The van der Waals surface area contributed by atoms with E-state index in [0.29, 0.717) is 23.1 Å². The van der Waals surface area contributed by atoms with E-state index in [-0.39, 0.29) is 5.91 Å². The molecule has 0 radical (unpaired) electrons. The number of halogens is 2. The Bertz CT molecular complexity index is 656. The molecule has 0 aromatic heterocycles. The Morgan fingerprint density at radius 1 is 1.09 bits per heavy atom. The van der Waals surface area contributed by atoms with E-state index in [1.54, 1.807) is 12.1 Å². The number of nitrogens with zero attached hydrogens (tertiary/aromatic N) is 1. The molecule has 0 spiro atoms. The second-order valence-electron chi connectivity index (χ2n) is 5.31. The van der Waals surface area contributed by atoms with Crippen LogP contribution < -0.4 is 5.32 Å². The van der Waals surface area contributed by atoms with Crippen LogP contribution in [0.25, 0.3) is 0 Å². The van der Waals surface area contributed by atoms with Crippen LogP contribution in [-0.4, -0.2) is 24.4 Å². The molecule has 0 saturated carbocycles. The first-order valence-electron chi connectivity index (χ1n) is 6.93. The van der Waals surface area contributed by atoms with Gasteiger partial charge in [-0.2, -0.15) is 0 Å². The molecule has 116 valence electrons. The highest BCUT2D eigenvalue weighted by molar-refractivity contribution is 6.31. The molecule has 0 bridgehead atoms. The smallest absolute Gasteiger partial charge is 0.238 e. The zero-order valence-electron chi connectivity index (χ0n) is 12.6. The van der Waals surface area contributed by atoms with E-state index in [1.807, 2.05) is 49.2 Å². The van der Waals surface area contributed by atoms with Gasteiger partial charge in [0.15, 0.2) is 0 Å². The maximum atomic E-state index is 12.1. The second-order valence-corrected chi connectivity index (χ2v) is 6.18. The average molecular weight is 337 g/mol. The van der Waals surface area contributed by atoms with E-state index >= 15 is 0 Å². The maximum Gasteiger partial charge on any atom is 0.238 e. The molecule has 22 heavy (non-hydrogen) atoms. The fourth-order valence-corrected chi connectivity index (χ4v) is 2.42. The summed E-state index contributed by atoms with van der Waals surface area (Å²) in [5, 5.41) is 4.21. The van der Waals surface area contributed by atoms with Gasteiger partial charge in [-0.1, -0.05) is 41.4 Å². The van der Waals surface area contributed by atoms with Crippen LogP contribution in [0.4, 0.5) is 5.69 Å². The molecule has 0 unspecified atom stereocenters. The highest BCUT2D eigenvalue weighted by Crippen LogP contribution is 2.20. The van der Waals surface area contributed by atoms with Crippen molar-refractivity contribution in [2.24, 2.45) is 0 Å². The molecule has 0 aliphatic carbocycles. The van der Waals surface area contributed by atoms with Crippen molar-refractivity contribution in [2.75, 3.05) is 18.9 Å². The summed E-state index contributed by atoms with van der Waals surface area (Å²) in [7, 11) is 1.90. The molecule has 0 aliphatic heterocycles. The number of hydrogen-bond acceptors (Lipinski definition) is 2. The lowest BCUT2D eigenvalue weighted by molar-refractivity contribution is -0.117. The molecule has 0 aliphatic rings. The Morgan fingerprint density at radius 3 is 2.41 bits per heavy atom.